The smallest absolute Gasteiger partial charge is 0.511 e. The second kappa shape index (κ2) is 8.51. The molecular formula is C25H20F2N4O5S. The van der Waals surface area contributed by atoms with Crippen LogP contribution in [0.25, 0.3) is 32.7 Å². The van der Waals surface area contributed by atoms with E-state index in [-0.39, 0.29) is 34.8 Å². The number of rotatable bonds is 4. The highest BCUT2D eigenvalue weighted by Gasteiger charge is 2.43. The highest BCUT2D eigenvalue weighted by molar-refractivity contribution is 7.17. The quantitative estimate of drug-likeness (QED) is 0.406. The van der Waals surface area contributed by atoms with E-state index in [1.54, 1.807) is 11.0 Å². The zero-order valence-electron chi connectivity index (χ0n) is 19.3. The van der Waals surface area contributed by atoms with Gasteiger partial charge in [-0.1, -0.05) is 6.58 Å². The van der Waals surface area contributed by atoms with Crippen molar-refractivity contribution in [2.45, 2.75) is 25.6 Å². The van der Waals surface area contributed by atoms with Crippen LogP contribution in [0.3, 0.4) is 0 Å². The Kier molecular flexibility index (Phi) is 5.37. The van der Waals surface area contributed by atoms with Gasteiger partial charge in [0.1, 0.15) is 16.1 Å². The summed E-state index contributed by atoms with van der Waals surface area (Å²) in [6.45, 7) is 4.70. The van der Waals surface area contributed by atoms with Crippen LogP contribution in [0.1, 0.15) is 19.3 Å². The molecule has 0 unspecified atom stereocenters. The van der Waals surface area contributed by atoms with Gasteiger partial charge in [0.15, 0.2) is 11.5 Å². The van der Waals surface area contributed by atoms with E-state index >= 15 is 0 Å². The second-order valence-corrected chi connectivity index (χ2v) is 9.96. The number of thiophene rings is 1. The molecule has 1 fully saturated rings. The molecule has 9 nitrogen and oxygen atoms in total. The summed E-state index contributed by atoms with van der Waals surface area (Å²) in [4.78, 5) is 36.2. The molecule has 1 saturated heterocycles. The minimum absolute atomic E-state index is 0.0463. The topological polar surface area (TPSA) is 107 Å². The van der Waals surface area contributed by atoms with Crippen molar-refractivity contribution < 1.29 is 28.2 Å². The maximum absolute atomic E-state index is 13.5. The van der Waals surface area contributed by atoms with Crippen LogP contribution < -0.4 is 19.7 Å². The highest BCUT2D eigenvalue weighted by Crippen LogP contribution is 2.42. The summed E-state index contributed by atoms with van der Waals surface area (Å²) in [5.74, 6) is -0.339. The Balaban J connectivity index is 1.44. The fourth-order valence-corrected chi connectivity index (χ4v) is 6.04. The monoisotopic (exact) mass is 526 g/mol. The average Bonchev–Trinajstić information content (AvgIpc) is 3.40. The first-order valence-electron chi connectivity index (χ1n) is 11.6. The molecule has 3 aromatic heterocycles. The second-order valence-electron chi connectivity index (χ2n) is 8.97. The number of amides is 1. The molecular weight excluding hydrogens is 506 g/mol. The summed E-state index contributed by atoms with van der Waals surface area (Å²) in [7, 11) is 0. The number of piperidine rings is 1. The van der Waals surface area contributed by atoms with Gasteiger partial charge in [0.05, 0.1) is 21.1 Å². The molecule has 190 valence electrons. The third kappa shape index (κ3) is 3.97. The first kappa shape index (κ1) is 23.3. The van der Waals surface area contributed by atoms with Gasteiger partial charge in [0.2, 0.25) is 5.91 Å². The van der Waals surface area contributed by atoms with Crippen molar-refractivity contribution in [1.82, 2.24) is 19.4 Å². The van der Waals surface area contributed by atoms with Crippen molar-refractivity contribution in [3.05, 3.63) is 58.1 Å². The Morgan fingerprint density at radius 1 is 1.30 bits per heavy atom. The van der Waals surface area contributed by atoms with Crippen molar-refractivity contribution in [1.29, 1.82) is 0 Å². The molecule has 2 aliphatic heterocycles. The maximum Gasteiger partial charge on any atom is 0.586 e. The van der Waals surface area contributed by atoms with Gasteiger partial charge in [-0.05, 0) is 43.0 Å². The van der Waals surface area contributed by atoms with E-state index in [4.69, 9.17) is 0 Å². The largest absolute Gasteiger partial charge is 0.586 e. The van der Waals surface area contributed by atoms with Crippen molar-refractivity contribution in [3.8, 4) is 17.2 Å². The molecule has 0 radical (unpaired) electrons. The lowest BCUT2D eigenvalue weighted by atomic mass is 9.94. The number of likely N-dealkylation sites (tertiary alicyclic amines) is 1. The van der Waals surface area contributed by atoms with Crippen molar-refractivity contribution >= 4 is 44.3 Å². The lowest BCUT2D eigenvalue weighted by Gasteiger charge is -2.31. The van der Waals surface area contributed by atoms with Crippen molar-refractivity contribution in [2.24, 2.45) is 5.92 Å². The number of hydrogen-bond acceptors (Lipinski definition) is 8. The predicted molar refractivity (Wildman–Crippen MR) is 132 cm³/mol. The molecule has 1 aromatic carbocycles. The number of alkyl halides is 2. The van der Waals surface area contributed by atoms with Gasteiger partial charge >= 0.3 is 12.0 Å². The number of hydrogen-bond donors (Lipinski definition) is 1. The number of aliphatic hydroxyl groups is 1. The highest BCUT2D eigenvalue weighted by atomic mass is 32.1. The summed E-state index contributed by atoms with van der Waals surface area (Å²) in [6.07, 6.45) is 1.03. The Hall–Kier alpha value is -4.06. The Morgan fingerprint density at radius 3 is 2.92 bits per heavy atom. The van der Waals surface area contributed by atoms with Crippen molar-refractivity contribution in [3.63, 3.8) is 0 Å². The van der Waals surface area contributed by atoms with Gasteiger partial charge in [-0.3, -0.25) is 9.36 Å². The number of nitrogens with zero attached hydrogens (tertiary/aromatic N) is 4. The Morgan fingerprint density at radius 2 is 2.11 bits per heavy atom. The van der Waals surface area contributed by atoms with Gasteiger partial charge in [-0.25, -0.2) is 9.78 Å². The van der Waals surface area contributed by atoms with Crippen LogP contribution in [0, 0.1) is 5.92 Å². The third-order valence-electron chi connectivity index (χ3n) is 6.58. The SMILES string of the molecule is C=CC(=O)N1CCC[C@@H](CC(O)=c2sc3nccc4c3c2nc(=O)n4-c2ccc3c(c2)OC(F)(F)O3)C1. The third-order valence-corrected chi connectivity index (χ3v) is 7.71. The van der Waals surface area contributed by atoms with Crippen LogP contribution in [-0.4, -0.2) is 49.8 Å². The van der Waals surface area contributed by atoms with E-state index < -0.39 is 12.0 Å². The Labute approximate surface area is 211 Å². The van der Waals surface area contributed by atoms with Gasteiger partial charge in [0.25, 0.3) is 0 Å². The lowest BCUT2D eigenvalue weighted by Crippen LogP contribution is -2.39. The molecule has 1 amide bonds. The number of aliphatic hydroxyl groups excluding tert-OH is 1. The van der Waals surface area contributed by atoms with E-state index in [0.717, 1.165) is 12.8 Å². The van der Waals surface area contributed by atoms with Gasteiger partial charge in [-0.15, -0.1) is 20.1 Å². The summed E-state index contributed by atoms with van der Waals surface area (Å²) in [5, 5.41) is 11.7. The molecule has 0 spiro atoms. The van der Waals surface area contributed by atoms with Crippen LogP contribution in [0.2, 0.25) is 0 Å². The fourth-order valence-electron chi connectivity index (χ4n) is 4.98. The molecule has 1 atom stereocenters. The van der Waals surface area contributed by atoms with Crippen LogP contribution in [-0.2, 0) is 4.79 Å². The van der Waals surface area contributed by atoms with Gasteiger partial charge in [0, 0.05) is 31.8 Å². The summed E-state index contributed by atoms with van der Waals surface area (Å²) >= 11 is 1.22. The number of benzene rings is 1. The molecule has 2 aliphatic rings. The molecule has 0 aliphatic carbocycles. The summed E-state index contributed by atoms with van der Waals surface area (Å²) in [6, 6.07) is 5.68. The minimum Gasteiger partial charge on any atom is -0.511 e. The standard InChI is InChI=1S/C25H20F2N4O5S/c1-2-19(33)30-9-3-4-13(12-30)10-16(32)22-21-20-15(7-8-28-23(20)37-22)31(24(34)29-21)14-5-6-17-18(11-14)36-25(26,27)35-17/h2,5-8,11,13,32H,1,3-4,9-10,12H2/t13-/m0/s1. The number of ether oxygens (including phenoxy) is 2. The van der Waals surface area contributed by atoms with Crippen molar-refractivity contribution in [2.75, 3.05) is 13.1 Å². The van der Waals surface area contributed by atoms with Gasteiger partial charge in [-0.2, -0.15) is 4.98 Å². The molecule has 5 heterocycles. The fraction of sp³-hybridized carbons (Fsp3) is 0.280. The zero-order valence-corrected chi connectivity index (χ0v) is 20.1. The van der Waals surface area contributed by atoms with Crippen LogP contribution in [0.5, 0.6) is 11.5 Å². The molecule has 1 N–H and O–H groups in total. The molecule has 6 rings (SSSR count). The maximum atomic E-state index is 13.5. The number of pyridine rings is 1. The summed E-state index contributed by atoms with van der Waals surface area (Å²) < 4.78 is 37.7. The minimum atomic E-state index is -3.78. The average molecular weight is 527 g/mol. The normalized spacial score (nSPS) is 19.4. The van der Waals surface area contributed by atoms with Crippen LogP contribution >= 0.6 is 11.3 Å². The number of halogens is 2. The molecule has 0 saturated carbocycles. The molecule has 0 bridgehead atoms. The van der Waals surface area contributed by atoms with E-state index in [2.05, 4.69) is 26.0 Å². The molecule has 12 heteroatoms. The van der Waals surface area contributed by atoms with Crippen LogP contribution in [0.15, 0.2) is 47.9 Å². The number of fused-ring (bicyclic) bond motifs is 1. The summed E-state index contributed by atoms with van der Waals surface area (Å²) in [5.41, 5.74) is 0.394. The first-order chi connectivity index (χ1) is 17.7. The lowest BCUT2D eigenvalue weighted by molar-refractivity contribution is -0.286. The number of aromatic nitrogens is 3. The predicted octanol–water partition coefficient (Wildman–Crippen LogP) is 3.52. The number of carbonyl (C=O) groups excluding carboxylic acids is 1. The van der Waals surface area contributed by atoms with Crippen LogP contribution in [0.4, 0.5) is 8.78 Å². The first-order valence-corrected chi connectivity index (χ1v) is 12.4. The van der Waals surface area contributed by atoms with E-state index in [1.165, 1.54) is 46.4 Å². The Bertz CT molecular complexity index is 1700. The number of carbonyl (C=O) groups is 1. The van der Waals surface area contributed by atoms with E-state index in [0.29, 0.717) is 45.3 Å². The van der Waals surface area contributed by atoms with E-state index in [1.807, 2.05) is 0 Å². The van der Waals surface area contributed by atoms with Gasteiger partial charge < -0.3 is 19.5 Å². The molecule has 4 aromatic rings. The zero-order chi connectivity index (χ0) is 25.9. The van der Waals surface area contributed by atoms with E-state index in [9.17, 15) is 23.5 Å². The molecule has 37 heavy (non-hydrogen) atoms.